The summed E-state index contributed by atoms with van der Waals surface area (Å²) in [6, 6.07) is 51.1. The van der Waals surface area contributed by atoms with Crippen molar-refractivity contribution in [2.45, 2.75) is 22.1 Å². The SMILES string of the molecule is C/C(=C\C=C/N)c1nc2ccccc2n1-c1ccc(-c2ccc3c(c2)C2(c4ccccc4Sc4ccccc42)c2ccccc2-3)cc1. The molecule has 9 rings (SSSR count). The van der Waals surface area contributed by atoms with Crippen LogP contribution in [0.5, 0.6) is 0 Å². The minimum atomic E-state index is -0.382. The van der Waals surface area contributed by atoms with E-state index in [9.17, 15) is 0 Å². The molecule has 1 aliphatic heterocycles. The fourth-order valence-corrected chi connectivity index (χ4v) is 8.86. The molecule has 47 heavy (non-hydrogen) atoms. The molecule has 0 amide bonds. The lowest BCUT2D eigenvalue weighted by Crippen LogP contribution is -2.31. The summed E-state index contributed by atoms with van der Waals surface area (Å²) in [4.78, 5) is 7.62. The Morgan fingerprint density at radius 2 is 1.28 bits per heavy atom. The predicted molar refractivity (Wildman–Crippen MR) is 195 cm³/mol. The third-order valence-electron chi connectivity index (χ3n) is 9.68. The van der Waals surface area contributed by atoms with Gasteiger partial charge in [-0.05, 0) is 112 Å². The first-order valence-corrected chi connectivity index (χ1v) is 16.8. The fraction of sp³-hybridized carbons (Fsp3) is 0.0465. The van der Waals surface area contributed by atoms with Gasteiger partial charge in [0.05, 0.1) is 16.4 Å². The van der Waals surface area contributed by atoms with Crippen LogP contribution in [0.4, 0.5) is 0 Å². The van der Waals surface area contributed by atoms with Gasteiger partial charge in [0.25, 0.3) is 0 Å². The number of allylic oxidation sites excluding steroid dienone is 3. The molecular formula is C43H31N3S. The Morgan fingerprint density at radius 1 is 0.660 bits per heavy atom. The van der Waals surface area contributed by atoms with Crippen LogP contribution >= 0.6 is 11.8 Å². The maximum Gasteiger partial charge on any atom is 0.141 e. The smallest absolute Gasteiger partial charge is 0.141 e. The molecule has 224 valence electrons. The highest BCUT2D eigenvalue weighted by atomic mass is 32.2. The molecule has 2 aliphatic rings. The third kappa shape index (κ3) is 4.05. The van der Waals surface area contributed by atoms with Crippen molar-refractivity contribution in [3.8, 4) is 27.9 Å². The second kappa shape index (κ2) is 10.8. The van der Waals surface area contributed by atoms with E-state index in [-0.39, 0.29) is 5.41 Å². The minimum absolute atomic E-state index is 0.382. The standard InChI is InChI=1S/C43H31N3S/c1-28(11-10-26-44)42-45-38-16-6-7-17-39(38)46(42)31-23-20-29(21-24-31)30-22-25-33-32-12-2-3-13-34(32)43(37(33)27-30)35-14-4-8-18-40(35)47-41-19-9-5-15-36(41)43/h2-27H,44H2,1H3/b26-10-,28-11+. The summed E-state index contributed by atoms with van der Waals surface area (Å²) in [6.45, 7) is 2.07. The number of nitrogens with zero attached hydrogens (tertiary/aromatic N) is 2. The molecule has 0 fully saturated rings. The molecule has 0 saturated carbocycles. The molecule has 0 atom stereocenters. The number of imidazole rings is 1. The molecule has 1 aliphatic carbocycles. The molecule has 4 heteroatoms. The number of aromatic nitrogens is 2. The zero-order chi connectivity index (χ0) is 31.5. The number of hydrogen-bond acceptors (Lipinski definition) is 3. The normalized spacial score (nSPS) is 14.3. The van der Waals surface area contributed by atoms with Gasteiger partial charge in [0.1, 0.15) is 5.82 Å². The van der Waals surface area contributed by atoms with E-state index >= 15 is 0 Å². The van der Waals surface area contributed by atoms with E-state index in [0.29, 0.717) is 0 Å². The van der Waals surface area contributed by atoms with Crippen molar-refractivity contribution < 1.29 is 0 Å². The van der Waals surface area contributed by atoms with Gasteiger partial charge >= 0.3 is 0 Å². The molecule has 7 aromatic rings. The van der Waals surface area contributed by atoms with Crippen LogP contribution < -0.4 is 5.73 Å². The molecule has 1 aromatic heterocycles. The molecule has 0 radical (unpaired) electrons. The summed E-state index contributed by atoms with van der Waals surface area (Å²) in [7, 11) is 0. The molecule has 0 saturated heterocycles. The Balaban J connectivity index is 1.22. The van der Waals surface area contributed by atoms with Gasteiger partial charge in [0.2, 0.25) is 0 Å². The zero-order valence-electron chi connectivity index (χ0n) is 25.9. The lowest BCUT2D eigenvalue weighted by molar-refractivity contribution is 0.722. The largest absolute Gasteiger partial charge is 0.405 e. The number of rotatable bonds is 4. The maximum absolute atomic E-state index is 5.65. The minimum Gasteiger partial charge on any atom is -0.405 e. The highest BCUT2D eigenvalue weighted by Crippen LogP contribution is 2.62. The molecular weight excluding hydrogens is 591 g/mol. The van der Waals surface area contributed by atoms with Gasteiger partial charge < -0.3 is 5.73 Å². The first-order chi connectivity index (χ1) is 23.2. The van der Waals surface area contributed by atoms with Gasteiger partial charge in [-0.25, -0.2) is 4.98 Å². The van der Waals surface area contributed by atoms with Crippen LogP contribution in [0.25, 0.3) is 44.5 Å². The van der Waals surface area contributed by atoms with Crippen molar-refractivity contribution in [2.75, 3.05) is 0 Å². The Bertz CT molecular complexity index is 2370. The third-order valence-corrected chi connectivity index (χ3v) is 10.8. The molecule has 0 unspecified atom stereocenters. The van der Waals surface area contributed by atoms with Crippen LogP contribution in [0, 0.1) is 0 Å². The average molecular weight is 622 g/mol. The number of nitrogens with two attached hydrogens (primary N) is 1. The van der Waals surface area contributed by atoms with Crippen molar-refractivity contribution in [1.82, 2.24) is 9.55 Å². The lowest BCUT2D eigenvalue weighted by Gasteiger charge is -2.39. The highest BCUT2D eigenvalue weighted by molar-refractivity contribution is 7.99. The van der Waals surface area contributed by atoms with Gasteiger partial charge in [0, 0.05) is 15.5 Å². The molecule has 1 spiro atoms. The van der Waals surface area contributed by atoms with Crippen LogP contribution in [-0.4, -0.2) is 9.55 Å². The quantitative estimate of drug-likeness (QED) is 0.199. The fourth-order valence-electron chi connectivity index (χ4n) is 7.66. The number of fused-ring (bicyclic) bond motifs is 10. The van der Waals surface area contributed by atoms with E-state index in [0.717, 1.165) is 28.1 Å². The van der Waals surface area contributed by atoms with E-state index in [1.165, 1.54) is 54.3 Å². The van der Waals surface area contributed by atoms with Crippen LogP contribution in [0.1, 0.15) is 35.0 Å². The van der Waals surface area contributed by atoms with E-state index in [1.807, 2.05) is 30.0 Å². The second-order valence-electron chi connectivity index (χ2n) is 12.2. The number of hydrogen-bond donors (Lipinski definition) is 1. The monoisotopic (exact) mass is 621 g/mol. The summed E-state index contributed by atoms with van der Waals surface area (Å²) in [6.07, 6.45) is 5.40. The van der Waals surface area contributed by atoms with Crippen LogP contribution in [0.2, 0.25) is 0 Å². The van der Waals surface area contributed by atoms with Gasteiger partial charge in [-0.3, -0.25) is 4.57 Å². The first kappa shape index (κ1) is 27.7. The molecule has 2 heterocycles. The van der Waals surface area contributed by atoms with Crippen LogP contribution in [0.15, 0.2) is 168 Å². The first-order valence-electron chi connectivity index (χ1n) is 15.9. The molecule has 6 aromatic carbocycles. The van der Waals surface area contributed by atoms with Crippen molar-refractivity contribution in [2.24, 2.45) is 5.73 Å². The highest BCUT2D eigenvalue weighted by Gasteiger charge is 2.50. The topological polar surface area (TPSA) is 43.8 Å². The summed E-state index contributed by atoms with van der Waals surface area (Å²) in [5, 5.41) is 0. The van der Waals surface area contributed by atoms with Gasteiger partial charge in [-0.15, -0.1) is 0 Å². The summed E-state index contributed by atoms with van der Waals surface area (Å²) < 4.78 is 2.23. The predicted octanol–water partition coefficient (Wildman–Crippen LogP) is 10.4. The van der Waals surface area contributed by atoms with Crippen molar-refractivity contribution in [1.29, 1.82) is 0 Å². The Hall–Kier alpha value is -5.58. The summed E-state index contributed by atoms with van der Waals surface area (Å²) in [5.41, 5.74) is 19.8. The summed E-state index contributed by atoms with van der Waals surface area (Å²) in [5.74, 6) is 0.904. The lowest BCUT2D eigenvalue weighted by atomic mass is 9.67. The van der Waals surface area contributed by atoms with E-state index < -0.39 is 0 Å². The zero-order valence-corrected chi connectivity index (χ0v) is 26.7. The van der Waals surface area contributed by atoms with Crippen molar-refractivity contribution in [3.63, 3.8) is 0 Å². The number of para-hydroxylation sites is 2. The van der Waals surface area contributed by atoms with E-state index in [4.69, 9.17) is 10.7 Å². The second-order valence-corrected chi connectivity index (χ2v) is 13.3. The Kier molecular flexibility index (Phi) is 6.34. The molecule has 0 bridgehead atoms. The summed E-state index contributed by atoms with van der Waals surface area (Å²) >= 11 is 1.88. The van der Waals surface area contributed by atoms with Gasteiger partial charge in [-0.1, -0.05) is 115 Å². The molecule has 3 nitrogen and oxygen atoms in total. The van der Waals surface area contributed by atoms with Crippen molar-refractivity contribution >= 4 is 28.4 Å². The average Bonchev–Trinajstić information content (AvgIpc) is 3.65. The van der Waals surface area contributed by atoms with Crippen LogP contribution in [-0.2, 0) is 5.41 Å². The van der Waals surface area contributed by atoms with Gasteiger partial charge in [-0.2, -0.15) is 0 Å². The van der Waals surface area contributed by atoms with Crippen molar-refractivity contribution in [3.05, 3.63) is 186 Å². The maximum atomic E-state index is 5.65. The van der Waals surface area contributed by atoms with E-state index in [2.05, 4.69) is 145 Å². The molecule has 2 N–H and O–H groups in total. The Morgan fingerprint density at radius 3 is 2.02 bits per heavy atom. The van der Waals surface area contributed by atoms with E-state index in [1.54, 1.807) is 6.20 Å². The number of benzene rings is 6. The Labute approximate surface area is 278 Å². The van der Waals surface area contributed by atoms with Gasteiger partial charge in [0.15, 0.2) is 0 Å². The van der Waals surface area contributed by atoms with Crippen LogP contribution in [0.3, 0.4) is 0 Å².